The number of nitrogens with one attached hydrogen (secondary N) is 2. The molecule has 0 aromatic heterocycles. The second-order valence-corrected chi connectivity index (χ2v) is 16.6. The van der Waals surface area contributed by atoms with Gasteiger partial charge in [-0.05, 0) is 43.2 Å². The zero-order valence-electron chi connectivity index (χ0n) is 37.3. The molecule has 16 heteroatoms. The summed E-state index contributed by atoms with van der Waals surface area (Å²) in [6, 6.07) is 5.62. The fourth-order valence-corrected chi connectivity index (χ4v) is 8.20. The van der Waals surface area contributed by atoms with Crippen LogP contribution >= 0.6 is 0 Å². The topological polar surface area (TPSA) is 202 Å². The molecule has 5 N–H and O–H groups in total. The number of carboxylic acid groups (broad SMARTS) is 1. The smallest absolute Gasteiger partial charge is 0.326 e. The minimum Gasteiger partial charge on any atom is -0.480 e. The summed E-state index contributed by atoms with van der Waals surface area (Å²) in [6.45, 7) is 15.3. The van der Waals surface area contributed by atoms with E-state index in [1.54, 1.807) is 23.8 Å². The van der Waals surface area contributed by atoms with Gasteiger partial charge in [0.25, 0.3) is 0 Å². The van der Waals surface area contributed by atoms with E-state index in [0.717, 1.165) is 5.56 Å². The fraction of sp³-hybridized carbons (Fsp3) is 0.744. The van der Waals surface area contributed by atoms with Gasteiger partial charge < -0.3 is 44.6 Å². The molecule has 1 aliphatic rings. The van der Waals surface area contributed by atoms with Crippen LogP contribution in [-0.4, -0.2) is 153 Å². The molecule has 1 aromatic carbocycles. The van der Waals surface area contributed by atoms with Crippen molar-refractivity contribution in [2.75, 3.05) is 61.2 Å². The number of aliphatic carboxylic acids is 1. The lowest BCUT2D eigenvalue weighted by atomic mass is 9.89. The van der Waals surface area contributed by atoms with E-state index < -0.39 is 60.2 Å². The number of likely N-dealkylation sites (N-methyl/N-ethyl adjacent to an activating group) is 2. The van der Waals surface area contributed by atoms with Crippen LogP contribution in [0.5, 0.6) is 0 Å². The first-order chi connectivity index (χ1) is 27.9. The van der Waals surface area contributed by atoms with Gasteiger partial charge in [-0.3, -0.25) is 24.1 Å². The van der Waals surface area contributed by atoms with Gasteiger partial charge in [-0.15, -0.1) is 0 Å². The van der Waals surface area contributed by atoms with Crippen molar-refractivity contribution in [3.63, 3.8) is 0 Å². The number of ether oxygens (including phenoxy) is 3. The number of hydrogen-bond donors (Lipinski definition) is 4. The van der Waals surface area contributed by atoms with E-state index in [9.17, 15) is 29.1 Å². The van der Waals surface area contributed by atoms with Crippen LogP contribution in [0, 0.1) is 23.7 Å². The number of methoxy groups -OCH3 is 2. The molecule has 0 spiro atoms. The van der Waals surface area contributed by atoms with Gasteiger partial charge in [0.15, 0.2) is 0 Å². The van der Waals surface area contributed by atoms with E-state index in [2.05, 4.69) is 15.5 Å². The third-order valence-corrected chi connectivity index (χ3v) is 11.7. The van der Waals surface area contributed by atoms with Gasteiger partial charge in [0.2, 0.25) is 23.6 Å². The van der Waals surface area contributed by atoms with Crippen LogP contribution in [0.1, 0.15) is 79.7 Å². The third kappa shape index (κ3) is 15.1. The van der Waals surface area contributed by atoms with Crippen molar-refractivity contribution < 1.29 is 48.1 Å². The Bertz CT molecular complexity index is 1450. The second-order valence-electron chi connectivity index (χ2n) is 16.6. The second kappa shape index (κ2) is 25.8. The zero-order valence-corrected chi connectivity index (χ0v) is 37.3. The summed E-state index contributed by atoms with van der Waals surface area (Å²) in [5.41, 5.74) is 0.778. The number of carboxylic acids is 1. The molecule has 1 aromatic rings. The molecule has 1 heterocycles. The first-order valence-corrected chi connectivity index (χ1v) is 21.0. The zero-order chi connectivity index (χ0) is 44.4. The highest BCUT2D eigenvalue weighted by atomic mass is 16.6. The van der Waals surface area contributed by atoms with Crippen molar-refractivity contribution in [2.45, 2.75) is 123 Å². The summed E-state index contributed by atoms with van der Waals surface area (Å²) in [4.78, 5) is 78.0. The minimum absolute atomic E-state index is 0.0345. The number of carbonyl (C=O) groups excluding carboxylic acids is 4. The van der Waals surface area contributed by atoms with Gasteiger partial charge in [0, 0.05) is 40.8 Å². The normalized spacial score (nSPS) is 18.5. The molecular weight excluding hydrogens is 761 g/mol. The number of hydrogen-bond acceptors (Lipinski definition) is 11. The molecule has 4 amide bonds. The molecular formula is C43H74N6O10. The Morgan fingerprint density at radius 2 is 1.58 bits per heavy atom. The molecule has 1 fully saturated rings. The largest absolute Gasteiger partial charge is 0.480 e. The van der Waals surface area contributed by atoms with Gasteiger partial charge in [0.05, 0.1) is 62.5 Å². The molecule has 59 heavy (non-hydrogen) atoms. The van der Waals surface area contributed by atoms with Gasteiger partial charge in [0.1, 0.15) is 12.1 Å². The van der Waals surface area contributed by atoms with E-state index in [-0.39, 0.29) is 54.9 Å². The first kappa shape index (κ1) is 51.5. The van der Waals surface area contributed by atoms with E-state index in [1.807, 2.05) is 83.8 Å². The maximum Gasteiger partial charge on any atom is 0.326 e. The summed E-state index contributed by atoms with van der Waals surface area (Å²) in [6.07, 6.45) is 0.680. The fourth-order valence-electron chi connectivity index (χ4n) is 8.20. The summed E-state index contributed by atoms with van der Waals surface area (Å²) < 4.78 is 17.5. The Morgan fingerprint density at radius 1 is 0.915 bits per heavy atom. The maximum absolute atomic E-state index is 14.4. The lowest BCUT2D eigenvalue weighted by Crippen LogP contribution is -2.60. The highest BCUT2D eigenvalue weighted by Gasteiger charge is 2.43. The van der Waals surface area contributed by atoms with Crippen LogP contribution in [0.25, 0.3) is 0 Å². The van der Waals surface area contributed by atoms with Crippen molar-refractivity contribution in [1.29, 1.82) is 0 Å². The number of amides is 4. The number of nitrogens with zero attached hydrogens (tertiary/aromatic N) is 3. The van der Waals surface area contributed by atoms with Gasteiger partial charge >= 0.3 is 5.97 Å². The van der Waals surface area contributed by atoms with Crippen molar-refractivity contribution in [1.82, 2.24) is 25.3 Å². The molecule has 0 radical (unpaired) electrons. The molecule has 0 bridgehead atoms. The van der Waals surface area contributed by atoms with Gasteiger partial charge in [-0.25, -0.2) is 10.7 Å². The molecule has 2 rings (SSSR count). The summed E-state index contributed by atoms with van der Waals surface area (Å²) in [5.74, 6) is 1.55. The van der Waals surface area contributed by atoms with Crippen LogP contribution in [0.2, 0.25) is 0 Å². The Kier molecular flexibility index (Phi) is 22.5. The summed E-state index contributed by atoms with van der Waals surface area (Å²) in [5, 5.41) is 15.6. The average molecular weight is 835 g/mol. The lowest BCUT2D eigenvalue weighted by molar-refractivity contribution is -0.148. The number of carbonyl (C=O) groups is 5. The van der Waals surface area contributed by atoms with Crippen LogP contribution < -0.4 is 16.5 Å². The molecule has 0 saturated carbocycles. The monoisotopic (exact) mass is 835 g/mol. The van der Waals surface area contributed by atoms with Crippen molar-refractivity contribution in [2.24, 2.45) is 29.6 Å². The molecule has 1 aliphatic heterocycles. The summed E-state index contributed by atoms with van der Waals surface area (Å²) >= 11 is 0. The van der Waals surface area contributed by atoms with Crippen LogP contribution in [-0.2, 0) is 49.4 Å². The van der Waals surface area contributed by atoms with Crippen LogP contribution in [0.4, 0.5) is 0 Å². The Labute approximate surface area is 352 Å². The summed E-state index contributed by atoms with van der Waals surface area (Å²) in [7, 11) is 6.57. The molecule has 9 atom stereocenters. The number of nitrogens with two attached hydrogens (primary N) is 1. The molecule has 336 valence electrons. The van der Waals surface area contributed by atoms with Gasteiger partial charge in [-0.1, -0.05) is 85.2 Å². The lowest BCUT2D eigenvalue weighted by Gasteiger charge is -2.41. The van der Waals surface area contributed by atoms with Crippen molar-refractivity contribution >= 4 is 29.6 Å². The predicted molar refractivity (Wildman–Crippen MR) is 225 cm³/mol. The maximum atomic E-state index is 14.4. The van der Waals surface area contributed by atoms with E-state index in [0.29, 0.717) is 45.6 Å². The van der Waals surface area contributed by atoms with Gasteiger partial charge in [-0.2, -0.15) is 0 Å². The highest BCUT2D eigenvalue weighted by Crippen LogP contribution is 2.30. The Balaban J connectivity index is 2.25. The highest BCUT2D eigenvalue weighted by molar-refractivity contribution is 5.90. The van der Waals surface area contributed by atoms with Crippen LogP contribution in [0.3, 0.4) is 0 Å². The van der Waals surface area contributed by atoms with E-state index >= 15 is 0 Å². The standard InChI is InChI=1S/C43H74N6O10/c1-12-29(6)38(48(9)42(53)36(27(2)3)46-41(52)37(28(4)5)47(8)21-22-58-23-24-59-44)34(56-10)26-35(50)49-20-16-19-33(49)39(57-11)30(7)40(51)45-32(43(54)55)25-31-17-14-13-15-18-31/h13-15,17-18,27-30,32-34,36-39H,12,16,19-26,44H2,1-11H3,(H,45,51)(H,46,52)(H,54,55)/t29-,30+,32-,33-,34+,36-,37-,38?,39+/m0/s1. The number of benzene rings is 1. The van der Waals surface area contributed by atoms with E-state index in [1.165, 1.54) is 14.2 Å². The quantitative estimate of drug-likeness (QED) is 0.0747. The first-order valence-electron chi connectivity index (χ1n) is 21.0. The van der Waals surface area contributed by atoms with Crippen molar-refractivity contribution in [3.8, 4) is 0 Å². The number of rotatable bonds is 27. The van der Waals surface area contributed by atoms with Crippen molar-refractivity contribution in [3.05, 3.63) is 35.9 Å². The van der Waals surface area contributed by atoms with Crippen LogP contribution in [0.15, 0.2) is 30.3 Å². The predicted octanol–water partition coefficient (Wildman–Crippen LogP) is 2.72. The third-order valence-electron chi connectivity index (χ3n) is 11.7. The molecule has 1 saturated heterocycles. The molecule has 0 aliphatic carbocycles. The molecule has 16 nitrogen and oxygen atoms in total. The Hall–Kier alpha value is -3.67. The van der Waals surface area contributed by atoms with E-state index in [4.69, 9.17) is 20.1 Å². The number of likely N-dealkylation sites (tertiary alicyclic amines) is 1. The molecule has 1 unspecified atom stereocenters. The average Bonchev–Trinajstić information content (AvgIpc) is 3.68. The Morgan fingerprint density at radius 3 is 2.12 bits per heavy atom. The SMILES string of the molecule is CC[C@H](C)C([C@@H](CC(=O)N1CCC[C@H]1[C@H](OC)[C@@H](C)C(=O)N[C@@H](Cc1ccccc1)C(=O)O)OC)N(C)C(=O)[C@@H](NC(=O)[C@H](C(C)C)N(C)CCOCCON)C(C)C. The minimum atomic E-state index is -1.15.